The molecule has 152 valence electrons. The molecule has 27 heavy (non-hydrogen) atoms. The highest BCUT2D eigenvalue weighted by Gasteiger charge is 2.26. The number of hydrogen-bond acceptors (Lipinski definition) is 4. The fraction of sp³-hybridized carbons (Fsp3) is 0.700. The molecular formula is C20H34N4O3. The molecule has 1 amide bonds. The first kappa shape index (κ1) is 21.3. The standard InChI is InChI=1S/C20H34N4O3/c1-4-21-19(23-14-20(3,26)17-11-10-15(2)27-17)22-13-12-18(25)24-16-8-6-5-7-9-16/h10-11,16,26H,4-9,12-14H2,1-3H3,(H,24,25)(H2,21,22,23). The van der Waals surface area contributed by atoms with Crippen LogP contribution in [-0.4, -0.2) is 42.6 Å². The van der Waals surface area contributed by atoms with Crippen molar-refractivity contribution in [2.75, 3.05) is 19.6 Å². The third-order valence-electron chi connectivity index (χ3n) is 4.78. The molecule has 1 aromatic rings. The van der Waals surface area contributed by atoms with Gasteiger partial charge in [-0.1, -0.05) is 19.3 Å². The summed E-state index contributed by atoms with van der Waals surface area (Å²) in [4.78, 5) is 16.5. The fourth-order valence-corrected chi connectivity index (χ4v) is 3.22. The predicted octanol–water partition coefficient (Wildman–Crippen LogP) is 2.19. The zero-order valence-electron chi connectivity index (χ0n) is 16.8. The summed E-state index contributed by atoms with van der Waals surface area (Å²) in [7, 11) is 0. The summed E-state index contributed by atoms with van der Waals surface area (Å²) in [5, 5.41) is 20.0. The SMILES string of the molecule is CCNC(=NCC(C)(O)c1ccc(C)o1)NCCC(=O)NC1CCCCC1. The van der Waals surface area contributed by atoms with Crippen molar-refractivity contribution >= 4 is 11.9 Å². The lowest BCUT2D eigenvalue weighted by Gasteiger charge is -2.23. The van der Waals surface area contributed by atoms with Crippen LogP contribution in [0, 0.1) is 6.92 Å². The largest absolute Gasteiger partial charge is 0.463 e. The Bertz CT molecular complexity index is 618. The van der Waals surface area contributed by atoms with Crippen molar-refractivity contribution in [3.05, 3.63) is 23.7 Å². The van der Waals surface area contributed by atoms with Gasteiger partial charge in [0.05, 0.1) is 6.54 Å². The maximum atomic E-state index is 12.1. The lowest BCUT2D eigenvalue weighted by Crippen LogP contribution is -2.42. The molecule has 2 rings (SSSR count). The van der Waals surface area contributed by atoms with Crippen LogP contribution in [0.2, 0.25) is 0 Å². The first-order chi connectivity index (χ1) is 12.9. The Balaban J connectivity index is 1.79. The van der Waals surface area contributed by atoms with Crippen molar-refractivity contribution in [1.82, 2.24) is 16.0 Å². The predicted molar refractivity (Wildman–Crippen MR) is 107 cm³/mol. The van der Waals surface area contributed by atoms with E-state index in [1.165, 1.54) is 19.3 Å². The van der Waals surface area contributed by atoms with Crippen molar-refractivity contribution in [2.45, 2.75) is 70.9 Å². The lowest BCUT2D eigenvalue weighted by atomic mass is 9.95. The van der Waals surface area contributed by atoms with Crippen LogP contribution >= 0.6 is 0 Å². The second-order valence-corrected chi connectivity index (χ2v) is 7.46. The molecule has 1 atom stereocenters. The number of furan rings is 1. The van der Waals surface area contributed by atoms with Crippen LogP contribution in [0.4, 0.5) is 0 Å². The third kappa shape index (κ3) is 7.25. The van der Waals surface area contributed by atoms with Gasteiger partial charge in [-0.05, 0) is 45.7 Å². The number of carbonyl (C=O) groups excluding carboxylic acids is 1. The fourth-order valence-electron chi connectivity index (χ4n) is 3.22. The highest BCUT2D eigenvalue weighted by molar-refractivity contribution is 5.81. The molecule has 0 aromatic carbocycles. The van der Waals surface area contributed by atoms with Crippen LogP contribution in [0.25, 0.3) is 0 Å². The van der Waals surface area contributed by atoms with Gasteiger partial charge < -0.3 is 25.5 Å². The van der Waals surface area contributed by atoms with Crippen LogP contribution in [0.1, 0.15) is 63.9 Å². The number of guanidine groups is 1. The van der Waals surface area contributed by atoms with Gasteiger partial charge in [-0.15, -0.1) is 0 Å². The summed E-state index contributed by atoms with van der Waals surface area (Å²) in [6.45, 7) is 6.84. The molecule has 0 radical (unpaired) electrons. The van der Waals surface area contributed by atoms with Crippen molar-refractivity contribution in [1.29, 1.82) is 0 Å². The molecule has 1 heterocycles. The second-order valence-electron chi connectivity index (χ2n) is 7.46. The molecule has 1 aromatic heterocycles. The van der Waals surface area contributed by atoms with Crippen LogP contribution in [-0.2, 0) is 10.4 Å². The maximum Gasteiger partial charge on any atom is 0.221 e. The number of nitrogens with one attached hydrogen (secondary N) is 3. The van der Waals surface area contributed by atoms with Crippen LogP contribution in [0.3, 0.4) is 0 Å². The minimum Gasteiger partial charge on any atom is -0.463 e. The number of aliphatic hydroxyl groups is 1. The Morgan fingerprint density at radius 2 is 2.04 bits per heavy atom. The highest BCUT2D eigenvalue weighted by atomic mass is 16.4. The number of aryl methyl sites for hydroxylation is 1. The molecule has 4 N–H and O–H groups in total. The molecule has 1 aliphatic carbocycles. The molecule has 1 unspecified atom stereocenters. The Labute approximate surface area is 162 Å². The molecule has 1 aliphatic rings. The van der Waals surface area contributed by atoms with Crippen molar-refractivity contribution < 1.29 is 14.3 Å². The molecule has 1 saturated carbocycles. The van der Waals surface area contributed by atoms with Gasteiger partial charge in [-0.2, -0.15) is 0 Å². The number of carbonyl (C=O) groups is 1. The molecule has 0 spiro atoms. The Kier molecular flexibility index (Phi) is 8.16. The molecule has 0 bridgehead atoms. The maximum absolute atomic E-state index is 12.1. The summed E-state index contributed by atoms with van der Waals surface area (Å²) in [6.07, 6.45) is 6.26. The summed E-state index contributed by atoms with van der Waals surface area (Å²) in [5.41, 5.74) is -1.19. The van der Waals surface area contributed by atoms with Crippen molar-refractivity contribution in [3.8, 4) is 0 Å². The summed E-state index contributed by atoms with van der Waals surface area (Å²) in [5.74, 6) is 1.89. The number of amides is 1. The quantitative estimate of drug-likeness (QED) is 0.411. The number of rotatable bonds is 8. The average Bonchev–Trinajstić information content (AvgIpc) is 3.08. The Morgan fingerprint density at radius 3 is 2.67 bits per heavy atom. The van der Waals surface area contributed by atoms with E-state index < -0.39 is 5.60 Å². The first-order valence-electron chi connectivity index (χ1n) is 10.0. The van der Waals surface area contributed by atoms with E-state index in [9.17, 15) is 9.90 Å². The monoisotopic (exact) mass is 378 g/mol. The minimum absolute atomic E-state index is 0.0725. The van der Waals surface area contributed by atoms with E-state index in [0.29, 0.717) is 37.3 Å². The average molecular weight is 379 g/mol. The number of aliphatic imine (C=N–C) groups is 1. The van der Waals surface area contributed by atoms with E-state index in [0.717, 1.165) is 18.6 Å². The highest BCUT2D eigenvalue weighted by Crippen LogP contribution is 2.23. The number of nitrogens with zero attached hydrogens (tertiary/aromatic N) is 1. The minimum atomic E-state index is -1.19. The Hall–Kier alpha value is -2.02. The lowest BCUT2D eigenvalue weighted by molar-refractivity contribution is -0.121. The van der Waals surface area contributed by atoms with Crippen molar-refractivity contribution in [3.63, 3.8) is 0 Å². The van der Waals surface area contributed by atoms with E-state index in [-0.39, 0.29) is 12.5 Å². The van der Waals surface area contributed by atoms with E-state index in [1.807, 2.05) is 19.9 Å². The summed E-state index contributed by atoms with van der Waals surface area (Å²) in [6, 6.07) is 3.92. The smallest absolute Gasteiger partial charge is 0.221 e. The van der Waals surface area contributed by atoms with E-state index in [2.05, 4.69) is 20.9 Å². The van der Waals surface area contributed by atoms with Gasteiger partial charge in [-0.3, -0.25) is 4.79 Å². The van der Waals surface area contributed by atoms with Gasteiger partial charge in [0, 0.05) is 25.6 Å². The van der Waals surface area contributed by atoms with Crippen LogP contribution in [0.5, 0.6) is 0 Å². The zero-order chi connectivity index (χ0) is 19.7. The van der Waals surface area contributed by atoms with Gasteiger partial charge in [0.15, 0.2) is 5.96 Å². The van der Waals surface area contributed by atoms with E-state index in [4.69, 9.17) is 4.42 Å². The van der Waals surface area contributed by atoms with Gasteiger partial charge in [0.1, 0.15) is 17.1 Å². The van der Waals surface area contributed by atoms with Gasteiger partial charge >= 0.3 is 0 Å². The molecule has 7 heteroatoms. The molecular weight excluding hydrogens is 344 g/mol. The summed E-state index contributed by atoms with van der Waals surface area (Å²) < 4.78 is 5.51. The second kappa shape index (κ2) is 10.3. The molecule has 0 aliphatic heterocycles. The third-order valence-corrected chi connectivity index (χ3v) is 4.78. The zero-order valence-corrected chi connectivity index (χ0v) is 16.8. The molecule has 1 fully saturated rings. The molecule has 0 saturated heterocycles. The van der Waals surface area contributed by atoms with Gasteiger partial charge in [0.25, 0.3) is 0 Å². The van der Waals surface area contributed by atoms with E-state index in [1.54, 1.807) is 13.0 Å². The normalized spacial score (nSPS) is 18.0. The number of hydrogen-bond donors (Lipinski definition) is 4. The van der Waals surface area contributed by atoms with Crippen molar-refractivity contribution in [2.24, 2.45) is 4.99 Å². The van der Waals surface area contributed by atoms with Crippen LogP contribution < -0.4 is 16.0 Å². The van der Waals surface area contributed by atoms with Crippen LogP contribution in [0.15, 0.2) is 21.5 Å². The van der Waals surface area contributed by atoms with Gasteiger partial charge in [0.2, 0.25) is 5.91 Å². The molecule has 7 nitrogen and oxygen atoms in total. The van der Waals surface area contributed by atoms with Gasteiger partial charge in [-0.25, -0.2) is 4.99 Å². The summed E-state index contributed by atoms with van der Waals surface area (Å²) >= 11 is 0. The van der Waals surface area contributed by atoms with E-state index >= 15 is 0 Å². The first-order valence-corrected chi connectivity index (χ1v) is 10.0. The Morgan fingerprint density at radius 1 is 1.30 bits per heavy atom. The topological polar surface area (TPSA) is 98.9 Å².